The van der Waals surface area contributed by atoms with Gasteiger partial charge in [-0.05, 0) is 59.8 Å². The molecule has 0 unspecified atom stereocenters. The summed E-state index contributed by atoms with van der Waals surface area (Å²) in [5.74, 6) is 0.449. The van der Waals surface area contributed by atoms with Crippen LogP contribution in [0.2, 0.25) is 0 Å². The van der Waals surface area contributed by atoms with Gasteiger partial charge in [0.05, 0.1) is 29.8 Å². The van der Waals surface area contributed by atoms with Crippen LogP contribution in [0.4, 0.5) is 16.4 Å². The lowest BCUT2D eigenvalue weighted by molar-refractivity contribution is 0.0514. The van der Waals surface area contributed by atoms with Gasteiger partial charge in [0, 0.05) is 24.2 Å². The summed E-state index contributed by atoms with van der Waals surface area (Å²) in [5, 5.41) is 11.8. The summed E-state index contributed by atoms with van der Waals surface area (Å²) in [6, 6.07) is 2.18. The van der Waals surface area contributed by atoms with Gasteiger partial charge in [0.15, 0.2) is 0 Å². The smallest absolute Gasteiger partial charge is 0.435 e. The number of ether oxygens (including phenoxy) is 1. The van der Waals surface area contributed by atoms with E-state index in [4.69, 9.17) is 4.74 Å². The lowest BCUT2D eigenvalue weighted by Gasteiger charge is -2.28. The highest BCUT2D eigenvalue weighted by Gasteiger charge is 2.20. The van der Waals surface area contributed by atoms with Crippen molar-refractivity contribution in [2.75, 3.05) is 25.5 Å². The Kier molecular flexibility index (Phi) is 5.73. The molecule has 0 atom stereocenters. The van der Waals surface area contributed by atoms with Gasteiger partial charge in [0.2, 0.25) is 5.95 Å². The molecular weight excluding hydrogens is 396 g/mol. The zero-order valence-electron chi connectivity index (χ0n) is 18.3. The van der Waals surface area contributed by atoms with Crippen LogP contribution in [0.15, 0.2) is 37.1 Å². The van der Waals surface area contributed by atoms with E-state index in [2.05, 4.69) is 37.4 Å². The second-order valence-corrected chi connectivity index (χ2v) is 8.79. The number of aromatic nitrogens is 6. The molecule has 1 fully saturated rings. The number of carbonyl (C=O) groups is 1. The van der Waals surface area contributed by atoms with Crippen LogP contribution in [0.25, 0.3) is 11.3 Å². The Morgan fingerprint density at radius 3 is 2.68 bits per heavy atom. The summed E-state index contributed by atoms with van der Waals surface area (Å²) in [4.78, 5) is 23.4. The first-order valence-corrected chi connectivity index (χ1v) is 10.4. The molecule has 0 aromatic carbocycles. The molecule has 164 valence electrons. The maximum atomic E-state index is 12.2. The van der Waals surface area contributed by atoms with E-state index in [-0.39, 0.29) is 0 Å². The monoisotopic (exact) mass is 424 g/mol. The predicted octanol–water partition coefficient (Wildman–Crippen LogP) is 3.33. The fraction of sp³-hybridized carbons (Fsp3) is 0.476. The van der Waals surface area contributed by atoms with Crippen molar-refractivity contribution in [1.29, 1.82) is 0 Å². The third-order valence-electron chi connectivity index (χ3n) is 5.03. The zero-order valence-corrected chi connectivity index (χ0v) is 18.3. The largest absolute Gasteiger partial charge is 0.442 e. The summed E-state index contributed by atoms with van der Waals surface area (Å²) in [6.07, 6.45) is 10.3. The summed E-state index contributed by atoms with van der Waals surface area (Å²) in [6.45, 7) is 7.59. The number of nitrogens with one attached hydrogen (secondary N) is 1. The third kappa shape index (κ3) is 5.26. The molecule has 0 bridgehead atoms. The predicted molar refractivity (Wildman–Crippen MR) is 116 cm³/mol. The molecule has 10 nitrogen and oxygen atoms in total. The molecule has 3 aromatic heterocycles. The lowest BCUT2D eigenvalue weighted by Crippen LogP contribution is -2.31. The Hall–Kier alpha value is -3.27. The van der Waals surface area contributed by atoms with Crippen molar-refractivity contribution >= 4 is 17.7 Å². The van der Waals surface area contributed by atoms with Crippen LogP contribution in [0.5, 0.6) is 0 Å². The van der Waals surface area contributed by atoms with Crippen LogP contribution in [0, 0.1) is 0 Å². The lowest BCUT2D eigenvalue weighted by atomic mass is 10.1. The first-order chi connectivity index (χ1) is 14.8. The Labute approximate surface area is 181 Å². The molecule has 0 spiro atoms. The SMILES string of the molecule is CN1CCC(n2cc(Nc3nccc(-c4cnn(C(=O)OC(C)(C)C)c4)n3)cn2)CC1. The quantitative estimate of drug-likeness (QED) is 0.680. The van der Waals surface area contributed by atoms with Gasteiger partial charge < -0.3 is 15.0 Å². The van der Waals surface area contributed by atoms with E-state index in [1.54, 1.807) is 30.9 Å². The minimum Gasteiger partial charge on any atom is -0.442 e. The average Bonchev–Trinajstić information content (AvgIpc) is 3.38. The van der Waals surface area contributed by atoms with Gasteiger partial charge >= 0.3 is 6.09 Å². The molecule has 0 amide bonds. The van der Waals surface area contributed by atoms with E-state index >= 15 is 0 Å². The van der Waals surface area contributed by atoms with Crippen molar-refractivity contribution in [3.05, 3.63) is 37.1 Å². The van der Waals surface area contributed by atoms with Crippen LogP contribution < -0.4 is 5.32 Å². The van der Waals surface area contributed by atoms with E-state index in [0.29, 0.717) is 23.2 Å². The van der Waals surface area contributed by atoms with E-state index in [1.165, 1.54) is 4.68 Å². The highest BCUT2D eigenvalue weighted by atomic mass is 16.6. The second-order valence-electron chi connectivity index (χ2n) is 8.79. The zero-order chi connectivity index (χ0) is 22.0. The number of nitrogens with zero attached hydrogens (tertiary/aromatic N) is 7. The summed E-state index contributed by atoms with van der Waals surface area (Å²) < 4.78 is 8.52. The van der Waals surface area contributed by atoms with E-state index < -0.39 is 11.7 Å². The Morgan fingerprint density at radius 1 is 1.16 bits per heavy atom. The topological polar surface area (TPSA) is 103 Å². The van der Waals surface area contributed by atoms with Gasteiger partial charge in [-0.2, -0.15) is 14.9 Å². The molecule has 1 N–H and O–H groups in total. The van der Waals surface area contributed by atoms with Gasteiger partial charge in [-0.3, -0.25) is 4.68 Å². The molecule has 4 rings (SSSR count). The number of anilines is 2. The standard InChI is InChI=1S/C21H28N8O2/c1-21(2,3)31-20(30)29-13-15(11-23-29)18-5-8-22-19(26-18)25-16-12-24-28(14-16)17-6-9-27(4)10-7-17/h5,8,11-14,17H,6-7,9-10H2,1-4H3,(H,22,25,26). The average molecular weight is 425 g/mol. The molecule has 10 heteroatoms. The summed E-state index contributed by atoms with van der Waals surface area (Å²) in [5.41, 5.74) is 1.58. The van der Waals surface area contributed by atoms with Gasteiger partial charge in [0.1, 0.15) is 5.60 Å². The first-order valence-electron chi connectivity index (χ1n) is 10.4. The fourth-order valence-electron chi connectivity index (χ4n) is 3.43. The molecule has 4 heterocycles. The first kappa shape index (κ1) is 21.0. The number of likely N-dealkylation sites (tertiary alicyclic amines) is 1. The van der Waals surface area contributed by atoms with Gasteiger partial charge in [-0.25, -0.2) is 14.8 Å². The highest BCUT2D eigenvalue weighted by Crippen LogP contribution is 2.24. The molecule has 0 aliphatic carbocycles. The molecule has 31 heavy (non-hydrogen) atoms. The fourth-order valence-corrected chi connectivity index (χ4v) is 3.43. The van der Waals surface area contributed by atoms with Crippen LogP contribution in [-0.4, -0.2) is 66.3 Å². The van der Waals surface area contributed by atoms with Gasteiger partial charge in [-0.15, -0.1) is 0 Å². The van der Waals surface area contributed by atoms with E-state index in [1.807, 2.05) is 31.6 Å². The van der Waals surface area contributed by atoms with Gasteiger partial charge in [0.25, 0.3) is 0 Å². The number of rotatable bonds is 4. The molecule has 1 aliphatic rings. The maximum Gasteiger partial charge on any atom is 0.435 e. The molecule has 0 radical (unpaired) electrons. The minimum absolute atomic E-state index is 0.415. The van der Waals surface area contributed by atoms with Crippen molar-refractivity contribution < 1.29 is 9.53 Å². The molecule has 0 saturated carbocycles. The highest BCUT2D eigenvalue weighted by molar-refractivity contribution is 5.72. The van der Waals surface area contributed by atoms with Crippen LogP contribution in [0.1, 0.15) is 39.7 Å². The number of hydrogen-bond donors (Lipinski definition) is 1. The van der Waals surface area contributed by atoms with Crippen LogP contribution >= 0.6 is 0 Å². The Balaban J connectivity index is 1.44. The van der Waals surface area contributed by atoms with Crippen molar-refractivity contribution in [3.63, 3.8) is 0 Å². The number of piperidine rings is 1. The van der Waals surface area contributed by atoms with Crippen molar-refractivity contribution in [3.8, 4) is 11.3 Å². The molecule has 1 aliphatic heterocycles. The summed E-state index contributed by atoms with van der Waals surface area (Å²) in [7, 11) is 2.15. The van der Waals surface area contributed by atoms with E-state index in [0.717, 1.165) is 31.6 Å². The normalized spacial score (nSPS) is 15.7. The Morgan fingerprint density at radius 2 is 1.94 bits per heavy atom. The molecular formula is C21H28N8O2. The second kappa shape index (κ2) is 8.46. The third-order valence-corrected chi connectivity index (χ3v) is 5.03. The number of hydrogen-bond acceptors (Lipinski definition) is 8. The van der Waals surface area contributed by atoms with Crippen LogP contribution in [-0.2, 0) is 4.74 Å². The van der Waals surface area contributed by atoms with Crippen LogP contribution in [0.3, 0.4) is 0 Å². The Bertz CT molecular complexity index is 1040. The van der Waals surface area contributed by atoms with Crippen molar-refractivity contribution in [2.24, 2.45) is 0 Å². The minimum atomic E-state index is -0.590. The van der Waals surface area contributed by atoms with Crippen molar-refractivity contribution in [2.45, 2.75) is 45.3 Å². The van der Waals surface area contributed by atoms with Crippen molar-refractivity contribution in [1.82, 2.24) is 34.4 Å². The maximum absolute atomic E-state index is 12.2. The number of carbonyl (C=O) groups excluding carboxylic acids is 1. The summed E-state index contributed by atoms with van der Waals surface area (Å²) >= 11 is 0. The van der Waals surface area contributed by atoms with E-state index in [9.17, 15) is 4.79 Å². The van der Waals surface area contributed by atoms with Gasteiger partial charge in [-0.1, -0.05) is 0 Å². The molecule has 3 aromatic rings. The molecule has 1 saturated heterocycles.